The number of carbonyl (C=O) groups is 2. The number of ketones is 1. The molecule has 0 aliphatic carbocycles. The van der Waals surface area contributed by atoms with Crippen LogP contribution in [0.2, 0.25) is 2.82 Å². The second kappa shape index (κ2) is 8.04. The van der Waals surface area contributed by atoms with Crippen LogP contribution in [0.15, 0.2) is 33.0 Å². The number of carbonyl (C=O) groups excluding carboxylic acids is 2. The molecule has 3 rings (SSSR count). The first kappa shape index (κ1) is 10.9. The molecule has 3 aromatic rings. The highest BCUT2D eigenvalue weighted by atomic mass is 32.2. The van der Waals surface area contributed by atoms with Crippen LogP contribution in [-0.4, -0.2) is 25.3 Å². The smallest absolute Gasteiger partial charge is 0.267 e. The summed E-state index contributed by atoms with van der Waals surface area (Å²) in [6.07, 6.45) is 0. The molecule has 0 atom stereocenters. The van der Waals surface area contributed by atoms with Crippen molar-refractivity contribution < 1.29 is 39.1 Å². The van der Waals surface area contributed by atoms with Crippen LogP contribution in [0, 0.1) is 27.6 Å². The van der Waals surface area contributed by atoms with Crippen molar-refractivity contribution in [3.8, 4) is 0 Å². The molecule has 158 valence electrons. The number of Topliss-reactive ketones (excluding diaryl/α,β-unsaturated/α-hetero) is 1. The van der Waals surface area contributed by atoms with Gasteiger partial charge in [-0.1, -0.05) is 11.2 Å². The third kappa shape index (κ3) is 4.14. The standard InChI is InChI=1S/C20H21N3O5S2/c1-10-8-11(2)17(15(9-10)14(5)24)21-19(25)18-16(6-7-29-18)30(26,27)23-20-12(3)13(4)22-28-20/h6-9,23H,1-5H3,(H,21,25)/i1D3,2D3,5D3,9D/hD2. The van der Waals surface area contributed by atoms with E-state index in [9.17, 15) is 18.0 Å². The van der Waals surface area contributed by atoms with Crippen molar-refractivity contribution in [2.45, 2.75) is 39.3 Å². The van der Waals surface area contributed by atoms with Gasteiger partial charge in [0.15, 0.2) is 8.61 Å². The molecular weight excluding hydrogens is 426 g/mol. The van der Waals surface area contributed by atoms with Crippen LogP contribution in [-0.2, 0) is 10.0 Å². The van der Waals surface area contributed by atoms with Gasteiger partial charge in [-0.2, -0.15) is 0 Å². The number of nitrogens with zero attached hydrogens (tertiary/aromatic N) is 1. The van der Waals surface area contributed by atoms with Crippen LogP contribution in [0.5, 0.6) is 0 Å². The summed E-state index contributed by atoms with van der Waals surface area (Å²) < 4.78 is 125. The number of anilines is 2. The molecule has 0 spiro atoms. The first-order valence-corrected chi connectivity index (χ1v) is 10.4. The lowest BCUT2D eigenvalue weighted by Gasteiger charge is -2.14. The molecule has 0 fully saturated rings. The highest BCUT2D eigenvalue weighted by Gasteiger charge is 2.27. The zero-order valence-corrected chi connectivity index (χ0v) is 17.1. The fraction of sp³-hybridized carbons (Fsp3) is 0.250. The van der Waals surface area contributed by atoms with E-state index in [1.807, 2.05) is 0 Å². The Kier molecular flexibility index (Phi) is 2.91. The number of sulfonamides is 1. The molecule has 2 N–H and O–H groups in total. The summed E-state index contributed by atoms with van der Waals surface area (Å²) in [5.41, 5.74) is -4.27. The molecule has 0 unspecified atom stereocenters. The van der Waals surface area contributed by atoms with E-state index in [0.717, 1.165) is 11.4 Å². The lowest BCUT2D eigenvalue weighted by molar-refractivity contribution is 0.101. The number of amides is 1. The Morgan fingerprint density at radius 2 is 2.13 bits per heavy atom. The van der Waals surface area contributed by atoms with Crippen LogP contribution in [0.1, 0.15) is 63.0 Å². The fourth-order valence-corrected chi connectivity index (χ4v) is 4.58. The molecule has 10 heteroatoms. The predicted octanol–water partition coefficient (Wildman–Crippen LogP) is 4.23. The maximum absolute atomic E-state index is 13.6. The van der Waals surface area contributed by atoms with Gasteiger partial charge in [0, 0.05) is 23.5 Å². The normalized spacial score (nSPS) is 18.5. The SMILES string of the molecule is [2H]c1c(C([2H])([2H])[2H])cc(C([2H])([2H])[2H])c(N([2H])C(=O)c2sccc2S(=O)(=O)N([2H])c2onc(C)c2C)c1C(=O)C([2H])([2H])[2H]. The summed E-state index contributed by atoms with van der Waals surface area (Å²) in [6, 6.07) is 0.111. The van der Waals surface area contributed by atoms with Crippen molar-refractivity contribution in [1.82, 2.24) is 5.16 Å². The molecule has 8 nitrogen and oxygen atoms in total. The van der Waals surface area contributed by atoms with Crippen molar-refractivity contribution in [3.63, 3.8) is 0 Å². The largest absolute Gasteiger partial charge is 0.337 e. The molecule has 30 heavy (non-hydrogen) atoms. The molecule has 1 amide bonds. The van der Waals surface area contributed by atoms with Gasteiger partial charge in [0.05, 0.1) is 12.8 Å². The third-order valence-corrected chi connectivity index (χ3v) is 6.25. The second-order valence-corrected chi connectivity index (χ2v) is 8.43. The second-order valence-electron chi connectivity index (χ2n) is 5.94. The molecule has 1 aromatic carbocycles. The van der Waals surface area contributed by atoms with E-state index in [1.165, 1.54) is 13.8 Å². The summed E-state index contributed by atoms with van der Waals surface area (Å²) in [4.78, 5) is 24.9. The highest BCUT2D eigenvalue weighted by molar-refractivity contribution is 7.93. The summed E-state index contributed by atoms with van der Waals surface area (Å²) in [7, 11) is -4.91. The summed E-state index contributed by atoms with van der Waals surface area (Å²) in [6.45, 7) is -7.22. The van der Waals surface area contributed by atoms with E-state index < -0.39 is 86.3 Å². The van der Waals surface area contributed by atoms with E-state index in [2.05, 4.69) is 5.16 Å². The first-order valence-electron chi connectivity index (χ1n) is 13.9. The maximum Gasteiger partial charge on any atom is 0.267 e. The van der Waals surface area contributed by atoms with Gasteiger partial charge in [0.25, 0.3) is 15.9 Å². The Balaban J connectivity index is 2.30. The van der Waals surface area contributed by atoms with Crippen LogP contribution >= 0.6 is 11.3 Å². The van der Waals surface area contributed by atoms with Crippen LogP contribution < -0.4 is 10.0 Å². The molecule has 0 aliphatic heterocycles. The minimum Gasteiger partial charge on any atom is -0.337 e. The molecule has 2 aromatic heterocycles. The lowest BCUT2D eigenvalue weighted by Crippen LogP contribution is -2.20. The average Bonchev–Trinajstić information content (AvgIpc) is 3.47. The van der Waals surface area contributed by atoms with Crippen molar-refractivity contribution >= 4 is 44.6 Å². The van der Waals surface area contributed by atoms with E-state index in [4.69, 9.17) is 21.1 Å². The molecular formula is C20H21N3O5S2. The van der Waals surface area contributed by atoms with Crippen molar-refractivity contribution in [1.29, 1.82) is 0 Å². The predicted molar refractivity (Wildman–Crippen MR) is 115 cm³/mol. The number of nitrogens with one attached hydrogen (secondary N) is 2. The molecule has 0 saturated heterocycles. The lowest BCUT2D eigenvalue weighted by atomic mass is 10.0. The minimum absolute atomic E-state index is 0.0556. The Morgan fingerprint density at radius 3 is 2.77 bits per heavy atom. The van der Waals surface area contributed by atoms with Gasteiger partial charge in [0.2, 0.25) is 5.88 Å². The first-order chi connectivity index (χ1) is 18.9. The average molecular weight is 460 g/mol. The van der Waals surface area contributed by atoms with Gasteiger partial charge >= 0.3 is 0 Å². The number of hydrogen-bond acceptors (Lipinski definition) is 7. The Labute approximate surface area is 195 Å². The van der Waals surface area contributed by atoms with Gasteiger partial charge in [-0.25, -0.2) is 13.1 Å². The van der Waals surface area contributed by atoms with Gasteiger partial charge in [-0.3, -0.25) is 9.59 Å². The van der Waals surface area contributed by atoms with E-state index in [0.29, 0.717) is 17.4 Å². The van der Waals surface area contributed by atoms with Crippen molar-refractivity contribution in [2.24, 2.45) is 0 Å². The number of rotatable bonds is 6. The molecule has 2 heterocycles. The van der Waals surface area contributed by atoms with Gasteiger partial charge in [0.1, 0.15) is 9.77 Å². The zero-order valence-electron chi connectivity index (χ0n) is 27.4. The maximum atomic E-state index is 13.6. The molecule has 0 radical (unpaired) electrons. The summed E-state index contributed by atoms with van der Waals surface area (Å²) in [5, 5.41) is 4.41. The highest BCUT2D eigenvalue weighted by Crippen LogP contribution is 2.29. The third-order valence-electron chi connectivity index (χ3n) is 3.92. The number of thiophene rings is 1. The van der Waals surface area contributed by atoms with E-state index in [-0.39, 0.29) is 21.3 Å². The Bertz CT molecular complexity index is 1670. The number of hydrogen-bond donors (Lipinski definition) is 2. The molecule has 0 saturated carbocycles. The zero-order chi connectivity index (χ0) is 32.3. The van der Waals surface area contributed by atoms with E-state index in [1.54, 1.807) is 0 Å². The van der Waals surface area contributed by atoms with Gasteiger partial charge in [-0.15, -0.1) is 11.3 Å². The fourth-order valence-electron chi connectivity index (χ4n) is 2.31. The Hall–Kier alpha value is -2.98. The van der Waals surface area contributed by atoms with Gasteiger partial charge in [-0.05, 0) is 63.0 Å². The van der Waals surface area contributed by atoms with Crippen LogP contribution in [0.3, 0.4) is 0 Å². The molecule has 0 bridgehead atoms. The van der Waals surface area contributed by atoms with Crippen LogP contribution in [0.25, 0.3) is 0 Å². The number of aromatic nitrogens is 1. The summed E-state index contributed by atoms with van der Waals surface area (Å²) >= 11 is 0.454. The summed E-state index contributed by atoms with van der Waals surface area (Å²) in [5.74, 6) is -4.01. The Morgan fingerprint density at radius 1 is 1.33 bits per heavy atom. The quantitative estimate of drug-likeness (QED) is 0.533. The van der Waals surface area contributed by atoms with E-state index >= 15 is 0 Å². The minimum atomic E-state index is -4.91. The number of aryl methyl sites for hydroxylation is 3. The van der Waals surface area contributed by atoms with Crippen molar-refractivity contribution in [3.05, 3.63) is 56.4 Å². The van der Waals surface area contributed by atoms with Crippen molar-refractivity contribution in [2.75, 3.05) is 10.0 Å². The monoisotopic (exact) mass is 459 g/mol. The number of benzene rings is 1. The topological polar surface area (TPSA) is 118 Å². The van der Waals surface area contributed by atoms with Crippen LogP contribution in [0.4, 0.5) is 11.6 Å². The van der Waals surface area contributed by atoms with Gasteiger partial charge < -0.3 is 9.83 Å². The molecule has 0 aliphatic rings.